The molecular formula is C15H20BrN3. The summed E-state index contributed by atoms with van der Waals surface area (Å²) < 4.78 is 1.17. The summed E-state index contributed by atoms with van der Waals surface area (Å²) in [5, 5.41) is 0. The molecule has 102 valence electrons. The summed E-state index contributed by atoms with van der Waals surface area (Å²) in [7, 11) is 0. The third-order valence-electron chi connectivity index (χ3n) is 4.26. The Morgan fingerprint density at radius 2 is 2.05 bits per heavy atom. The number of hydrogen-bond acceptors (Lipinski definition) is 3. The lowest BCUT2D eigenvalue weighted by atomic mass is 10.0. The van der Waals surface area contributed by atoms with E-state index < -0.39 is 0 Å². The third kappa shape index (κ3) is 2.38. The quantitative estimate of drug-likeness (QED) is 0.907. The first-order valence-corrected chi connectivity index (χ1v) is 7.80. The van der Waals surface area contributed by atoms with Gasteiger partial charge in [0.15, 0.2) is 5.96 Å². The summed E-state index contributed by atoms with van der Waals surface area (Å²) in [5.41, 5.74) is 8.71. The number of hydrogen-bond donors (Lipinski definition) is 1. The number of guanidine groups is 1. The van der Waals surface area contributed by atoms with Crippen LogP contribution < -0.4 is 5.73 Å². The van der Waals surface area contributed by atoms with Gasteiger partial charge in [-0.2, -0.15) is 0 Å². The number of aryl methyl sites for hydroxylation is 1. The number of halogens is 1. The van der Waals surface area contributed by atoms with Crippen molar-refractivity contribution in [2.24, 2.45) is 10.7 Å². The van der Waals surface area contributed by atoms with Crippen LogP contribution in [0.1, 0.15) is 42.9 Å². The van der Waals surface area contributed by atoms with Crippen LogP contribution in [0.5, 0.6) is 0 Å². The first kappa shape index (κ1) is 13.0. The van der Waals surface area contributed by atoms with Crippen LogP contribution in [0.3, 0.4) is 0 Å². The Bertz CT molecular complexity index is 506. The van der Waals surface area contributed by atoms with E-state index in [1.807, 2.05) is 0 Å². The zero-order valence-corrected chi connectivity index (χ0v) is 12.9. The predicted molar refractivity (Wildman–Crippen MR) is 82.2 cm³/mol. The molecule has 0 saturated heterocycles. The van der Waals surface area contributed by atoms with Crippen LogP contribution >= 0.6 is 15.9 Å². The molecule has 0 radical (unpaired) electrons. The minimum Gasteiger partial charge on any atom is -0.370 e. The maximum atomic E-state index is 6.13. The molecule has 2 N–H and O–H groups in total. The summed E-state index contributed by atoms with van der Waals surface area (Å²) in [5.74, 6) is 0.726. The van der Waals surface area contributed by atoms with Gasteiger partial charge in [-0.15, -0.1) is 0 Å². The van der Waals surface area contributed by atoms with Crippen molar-refractivity contribution in [2.45, 2.75) is 44.7 Å². The fraction of sp³-hybridized carbons (Fsp3) is 0.533. The first-order chi connectivity index (χ1) is 9.16. The van der Waals surface area contributed by atoms with E-state index in [9.17, 15) is 0 Å². The third-order valence-corrected chi connectivity index (χ3v) is 4.95. The summed E-state index contributed by atoms with van der Waals surface area (Å²) in [4.78, 5) is 6.83. The molecule has 1 fully saturated rings. The lowest BCUT2D eigenvalue weighted by Gasteiger charge is -2.32. The molecular weight excluding hydrogens is 302 g/mol. The Hall–Kier alpha value is -1.03. The highest BCUT2D eigenvalue weighted by atomic mass is 79.9. The van der Waals surface area contributed by atoms with Gasteiger partial charge in [0.2, 0.25) is 0 Å². The summed E-state index contributed by atoms with van der Waals surface area (Å²) in [6.07, 6.45) is 5.12. The average molecular weight is 322 g/mol. The van der Waals surface area contributed by atoms with Crippen molar-refractivity contribution < 1.29 is 0 Å². The Morgan fingerprint density at radius 1 is 1.32 bits per heavy atom. The van der Waals surface area contributed by atoms with E-state index in [0.29, 0.717) is 12.1 Å². The molecule has 1 unspecified atom stereocenters. The Balaban J connectivity index is 1.91. The van der Waals surface area contributed by atoms with Crippen LogP contribution in [-0.2, 0) is 0 Å². The first-order valence-electron chi connectivity index (χ1n) is 7.01. The predicted octanol–water partition coefficient (Wildman–Crippen LogP) is 3.37. The van der Waals surface area contributed by atoms with Crippen LogP contribution in [-0.4, -0.2) is 23.4 Å². The van der Waals surface area contributed by atoms with E-state index in [1.165, 1.54) is 41.3 Å². The van der Waals surface area contributed by atoms with Crippen LogP contribution in [0, 0.1) is 6.92 Å². The monoisotopic (exact) mass is 321 g/mol. The lowest BCUT2D eigenvalue weighted by molar-refractivity contribution is 0.261. The van der Waals surface area contributed by atoms with Gasteiger partial charge < -0.3 is 10.6 Å². The van der Waals surface area contributed by atoms with E-state index in [4.69, 9.17) is 5.73 Å². The molecule has 1 atom stereocenters. The van der Waals surface area contributed by atoms with E-state index in [1.54, 1.807) is 0 Å². The minimum atomic E-state index is 0.304. The average Bonchev–Trinajstić information content (AvgIpc) is 2.98. The van der Waals surface area contributed by atoms with Gasteiger partial charge in [-0.3, -0.25) is 4.99 Å². The maximum absolute atomic E-state index is 6.13. The smallest absolute Gasteiger partial charge is 0.192 e. The number of benzene rings is 1. The highest BCUT2D eigenvalue weighted by molar-refractivity contribution is 9.10. The second-order valence-corrected chi connectivity index (χ2v) is 6.44. The van der Waals surface area contributed by atoms with Crippen LogP contribution in [0.2, 0.25) is 0 Å². The largest absolute Gasteiger partial charge is 0.370 e. The molecule has 0 bridgehead atoms. The second-order valence-electron chi connectivity index (χ2n) is 5.59. The van der Waals surface area contributed by atoms with Crippen molar-refractivity contribution in [3.05, 3.63) is 33.8 Å². The van der Waals surface area contributed by atoms with Gasteiger partial charge in [0, 0.05) is 10.5 Å². The number of aliphatic imine (C=N–C) groups is 1. The molecule has 1 aromatic rings. The minimum absolute atomic E-state index is 0.304. The van der Waals surface area contributed by atoms with Crippen LogP contribution in [0.4, 0.5) is 0 Å². The van der Waals surface area contributed by atoms with E-state index >= 15 is 0 Å². The normalized spacial score (nSPS) is 24.0. The lowest BCUT2D eigenvalue weighted by Crippen LogP contribution is -2.42. The summed E-state index contributed by atoms with van der Waals surface area (Å²) >= 11 is 3.69. The van der Waals surface area contributed by atoms with Gasteiger partial charge in [0.1, 0.15) is 0 Å². The Kier molecular flexibility index (Phi) is 3.52. The molecule has 4 heteroatoms. The molecule has 0 spiro atoms. The molecule has 0 aromatic heterocycles. The van der Waals surface area contributed by atoms with Crippen molar-refractivity contribution >= 4 is 21.9 Å². The van der Waals surface area contributed by atoms with E-state index in [-0.39, 0.29) is 0 Å². The van der Waals surface area contributed by atoms with E-state index in [0.717, 1.165) is 12.5 Å². The van der Waals surface area contributed by atoms with Crippen molar-refractivity contribution in [1.29, 1.82) is 0 Å². The Morgan fingerprint density at radius 3 is 2.74 bits per heavy atom. The van der Waals surface area contributed by atoms with E-state index in [2.05, 4.69) is 50.9 Å². The van der Waals surface area contributed by atoms with Gasteiger partial charge in [-0.1, -0.05) is 40.9 Å². The maximum Gasteiger partial charge on any atom is 0.192 e. The van der Waals surface area contributed by atoms with Gasteiger partial charge in [-0.05, 0) is 37.0 Å². The molecule has 0 amide bonds. The molecule has 1 aliphatic carbocycles. The molecule has 3 nitrogen and oxygen atoms in total. The van der Waals surface area contributed by atoms with Crippen LogP contribution in [0.15, 0.2) is 27.7 Å². The highest BCUT2D eigenvalue weighted by Crippen LogP contribution is 2.36. The summed E-state index contributed by atoms with van der Waals surface area (Å²) in [6.45, 7) is 2.90. The van der Waals surface area contributed by atoms with Crippen molar-refractivity contribution in [2.75, 3.05) is 6.54 Å². The number of nitrogens with two attached hydrogens (primary N) is 1. The van der Waals surface area contributed by atoms with Gasteiger partial charge >= 0.3 is 0 Å². The highest BCUT2D eigenvalue weighted by Gasteiger charge is 2.35. The molecule has 1 aliphatic heterocycles. The standard InChI is InChI=1S/C15H20BrN3/c1-10-6-7-12(13(16)8-10)14-9-18-15(17)19(14)11-4-2-3-5-11/h6-8,11,14H,2-5,9H2,1H3,(H2,17,18). The molecule has 1 heterocycles. The zero-order valence-electron chi connectivity index (χ0n) is 11.3. The van der Waals surface area contributed by atoms with Crippen molar-refractivity contribution in [3.8, 4) is 0 Å². The molecule has 19 heavy (non-hydrogen) atoms. The molecule has 2 aliphatic rings. The fourth-order valence-corrected chi connectivity index (χ4v) is 4.04. The van der Waals surface area contributed by atoms with Crippen molar-refractivity contribution in [1.82, 2.24) is 4.90 Å². The van der Waals surface area contributed by atoms with Gasteiger partial charge in [0.25, 0.3) is 0 Å². The number of nitrogens with zero attached hydrogens (tertiary/aromatic N) is 2. The molecule has 1 aromatic carbocycles. The zero-order chi connectivity index (χ0) is 13.4. The summed E-state index contributed by atoms with van der Waals surface area (Å²) in [6, 6.07) is 7.43. The Labute approximate surface area is 123 Å². The van der Waals surface area contributed by atoms with Gasteiger partial charge in [0.05, 0.1) is 12.6 Å². The van der Waals surface area contributed by atoms with Crippen LogP contribution in [0.25, 0.3) is 0 Å². The fourth-order valence-electron chi connectivity index (χ4n) is 3.28. The molecule has 3 rings (SSSR count). The van der Waals surface area contributed by atoms with Crippen molar-refractivity contribution in [3.63, 3.8) is 0 Å². The SMILES string of the molecule is Cc1ccc(C2CN=C(N)N2C2CCCC2)c(Br)c1. The second kappa shape index (κ2) is 5.16. The molecule has 1 saturated carbocycles. The number of rotatable bonds is 2. The van der Waals surface area contributed by atoms with Gasteiger partial charge in [-0.25, -0.2) is 0 Å². The topological polar surface area (TPSA) is 41.6 Å².